The predicted octanol–water partition coefficient (Wildman–Crippen LogP) is 1.36. The standard InChI is InChI=1S/C16H26N4O/c1-18-9-10-19(2)15(12-18)16(21)11-13-7-8-20(17-13)14-5-3-4-6-14/h7-8,14-15H,3-6,9-12H2,1-2H3. The molecule has 1 aromatic rings. The fourth-order valence-electron chi connectivity index (χ4n) is 3.50. The van der Waals surface area contributed by atoms with Crippen molar-refractivity contribution in [3.05, 3.63) is 18.0 Å². The maximum atomic E-state index is 12.5. The maximum Gasteiger partial charge on any atom is 0.157 e. The number of carbonyl (C=O) groups is 1. The maximum absolute atomic E-state index is 12.5. The monoisotopic (exact) mass is 290 g/mol. The fraction of sp³-hybridized carbons (Fsp3) is 0.750. The van der Waals surface area contributed by atoms with E-state index in [-0.39, 0.29) is 6.04 Å². The summed E-state index contributed by atoms with van der Waals surface area (Å²) in [7, 11) is 4.13. The van der Waals surface area contributed by atoms with Gasteiger partial charge >= 0.3 is 0 Å². The van der Waals surface area contributed by atoms with Crippen molar-refractivity contribution >= 4 is 5.78 Å². The molecule has 2 fully saturated rings. The molecular formula is C16H26N4O. The zero-order valence-electron chi connectivity index (χ0n) is 13.2. The third kappa shape index (κ3) is 3.35. The summed E-state index contributed by atoms with van der Waals surface area (Å²) in [5.74, 6) is 0.292. The Labute approximate surface area is 126 Å². The number of aromatic nitrogens is 2. The lowest BCUT2D eigenvalue weighted by molar-refractivity contribution is -0.125. The summed E-state index contributed by atoms with van der Waals surface area (Å²) in [5, 5.41) is 4.63. The van der Waals surface area contributed by atoms with Crippen molar-refractivity contribution in [3.63, 3.8) is 0 Å². The second-order valence-electron chi connectivity index (χ2n) is 6.63. The zero-order chi connectivity index (χ0) is 14.8. The van der Waals surface area contributed by atoms with Crippen molar-refractivity contribution in [2.45, 2.75) is 44.2 Å². The van der Waals surface area contributed by atoms with Gasteiger partial charge < -0.3 is 4.90 Å². The highest BCUT2D eigenvalue weighted by molar-refractivity contribution is 5.86. The highest BCUT2D eigenvalue weighted by atomic mass is 16.1. The van der Waals surface area contributed by atoms with E-state index in [1.807, 2.05) is 13.1 Å². The van der Waals surface area contributed by atoms with Crippen molar-refractivity contribution < 1.29 is 4.79 Å². The van der Waals surface area contributed by atoms with Gasteiger partial charge in [-0.2, -0.15) is 5.10 Å². The van der Waals surface area contributed by atoms with E-state index >= 15 is 0 Å². The van der Waals surface area contributed by atoms with Crippen molar-refractivity contribution in [3.8, 4) is 0 Å². The minimum absolute atomic E-state index is 0.0142. The fourth-order valence-corrected chi connectivity index (χ4v) is 3.50. The molecule has 0 N–H and O–H groups in total. The highest BCUT2D eigenvalue weighted by Crippen LogP contribution is 2.28. The van der Waals surface area contributed by atoms with Crippen molar-refractivity contribution in [1.82, 2.24) is 19.6 Å². The molecule has 5 nitrogen and oxygen atoms in total. The molecule has 116 valence electrons. The minimum Gasteiger partial charge on any atom is -0.303 e. The summed E-state index contributed by atoms with van der Waals surface area (Å²) in [5.41, 5.74) is 0.925. The lowest BCUT2D eigenvalue weighted by Gasteiger charge is -2.36. The van der Waals surface area contributed by atoms with Gasteiger partial charge in [0.15, 0.2) is 5.78 Å². The van der Waals surface area contributed by atoms with Gasteiger partial charge in [-0.1, -0.05) is 12.8 Å². The molecule has 1 aliphatic heterocycles. The number of piperazine rings is 1. The molecule has 1 aliphatic carbocycles. The Morgan fingerprint density at radius 3 is 2.81 bits per heavy atom. The number of hydrogen-bond donors (Lipinski definition) is 0. The quantitative estimate of drug-likeness (QED) is 0.839. The molecule has 0 radical (unpaired) electrons. The van der Waals surface area contributed by atoms with Gasteiger partial charge in [-0.25, -0.2) is 0 Å². The summed E-state index contributed by atoms with van der Waals surface area (Å²) in [6.07, 6.45) is 7.57. The number of hydrogen-bond acceptors (Lipinski definition) is 4. The van der Waals surface area contributed by atoms with E-state index in [4.69, 9.17) is 0 Å². The van der Waals surface area contributed by atoms with Crippen LogP contribution in [0.3, 0.4) is 0 Å². The number of ketones is 1. The second kappa shape index (κ2) is 6.28. The Kier molecular flexibility index (Phi) is 4.40. The molecule has 1 saturated carbocycles. The molecule has 21 heavy (non-hydrogen) atoms. The number of nitrogens with zero attached hydrogens (tertiary/aromatic N) is 4. The second-order valence-corrected chi connectivity index (χ2v) is 6.63. The van der Waals surface area contributed by atoms with Crippen molar-refractivity contribution in [2.24, 2.45) is 0 Å². The van der Waals surface area contributed by atoms with Crippen molar-refractivity contribution in [1.29, 1.82) is 0 Å². The van der Waals surface area contributed by atoms with E-state index < -0.39 is 0 Å². The first-order chi connectivity index (χ1) is 10.1. The highest BCUT2D eigenvalue weighted by Gasteiger charge is 2.28. The van der Waals surface area contributed by atoms with Gasteiger partial charge in [-0.05, 0) is 33.0 Å². The third-order valence-electron chi connectivity index (χ3n) is 4.94. The van der Waals surface area contributed by atoms with Crippen LogP contribution in [0.15, 0.2) is 12.3 Å². The van der Waals surface area contributed by atoms with Gasteiger partial charge in [0.05, 0.1) is 24.2 Å². The van der Waals surface area contributed by atoms with Gasteiger partial charge in [0.1, 0.15) is 0 Å². The van der Waals surface area contributed by atoms with Crippen LogP contribution in [0.5, 0.6) is 0 Å². The molecule has 2 heterocycles. The predicted molar refractivity (Wildman–Crippen MR) is 82.4 cm³/mol. The van der Waals surface area contributed by atoms with Crippen LogP contribution in [0, 0.1) is 0 Å². The minimum atomic E-state index is 0.0142. The number of likely N-dealkylation sites (N-methyl/N-ethyl adjacent to an activating group) is 2. The van der Waals surface area contributed by atoms with Crippen LogP contribution in [0.25, 0.3) is 0 Å². The lowest BCUT2D eigenvalue weighted by atomic mass is 10.0. The first-order valence-corrected chi connectivity index (χ1v) is 8.09. The smallest absolute Gasteiger partial charge is 0.157 e. The molecule has 3 rings (SSSR count). The summed E-state index contributed by atoms with van der Waals surface area (Å²) >= 11 is 0. The number of carbonyl (C=O) groups excluding carboxylic acids is 1. The van der Waals surface area contributed by atoms with E-state index in [2.05, 4.69) is 32.8 Å². The Balaban J connectivity index is 1.61. The Hall–Kier alpha value is -1.20. The number of Topliss-reactive ketones (excluding diaryl/α,β-unsaturated/α-hetero) is 1. The average molecular weight is 290 g/mol. The molecule has 0 amide bonds. The van der Waals surface area contributed by atoms with Gasteiger partial charge in [0.25, 0.3) is 0 Å². The van der Waals surface area contributed by atoms with E-state index in [1.54, 1.807) is 0 Å². The first kappa shape index (κ1) is 14.7. The van der Waals surface area contributed by atoms with Crippen LogP contribution >= 0.6 is 0 Å². The molecule has 1 saturated heterocycles. The largest absolute Gasteiger partial charge is 0.303 e. The first-order valence-electron chi connectivity index (χ1n) is 8.09. The molecule has 1 unspecified atom stereocenters. The summed E-state index contributed by atoms with van der Waals surface area (Å²) in [6, 6.07) is 2.58. The molecular weight excluding hydrogens is 264 g/mol. The van der Waals surface area contributed by atoms with Crippen LogP contribution in [-0.4, -0.2) is 65.1 Å². The Morgan fingerprint density at radius 1 is 1.29 bits per heavy atom. The van der Waals surface area contributed by atoms with Crippen molar-refractivity contribution in [2.75, 3.05) is 33.7 Å². The summed E-state index contributed by atoms with van der Waals surface area (Å²) in [4.78, 5) is 16.9. The van der Waals surface area contributed by atoms with Crippen LogP contribution < -0.4 is 0 Å². The van der Waals surface area contributed by atoms with Crippen LogP contribution in [0.2, 0.25) is 0 Å². The van der Waals surface area contributed by atoms with E-state index in [0.717, 1.165) is 25.3 Å². The molecule has 2 aliphatic rings. The van der Waals surface area contributed by atoms with Gasteiger partial charge in [-0.3, -0.25) is 14.4 Å². The Morgan fingerprint density at radius 2 is 2.05 bits per heavy atom. The topological polar surface area (TPSA) is 41.4 Å². The van der Waals surface area contributed by atoms with Gasteiger partial charge in [-0.15, -0.1) is 0 Å². The summed E-state index contributed by atoms with van der Waals surface area (Å²) < 4.78 is 2.08. The molecule has 1 aromatic heterocycles. The lowest BCUT2D eigenvalue weighted by Crippen LogP contribution is -2.53. The SMILES string of the molecule is CN1CCN(C)C(C(=O)Cc2ccn(C3CCCC3)n2)C1. The summed E-state index contributed by atoms with van der Waals surface area (Å²) in [6.45, 7) is 2.83. The van der Waals surface area contributed by atoms with Crippen LogP contribution in [-0.2, 0) is 11.2 Å². The van der Waals surface area contributed by atoms with E-state index in [1.165, 1.54) is 25.7 Å². The van der Waals surface area contributed by atoms with Crippen LogP contribution in [0.1, 0.15) is 37.4 Å². The third-order valence-corrected chi connectivity index (χ3v) is 4.94. The zero-order valence-corrected chi connectivity index (χ0v) is 13.2. The Bertz CT molecular complexity index is 492. The number of rotatable bonds is 4. The van der Waals surface area contributed by atoms with Gasteiger partial charge in [0, 0.05) is 25.8 Å². The van der Waals surface area contributed by atoms with E-state index in [9.17, 15) is 4.79 Å². The normalized spacial score (nSPS) is 25.5. The molecule has 1 atom stereocenters. The van der Waals surface area contributed by atoms with E-state index in [0.29, 0.717) is 18.2 Å². The molecule has 0 aromatic carbocycles. The average Bonchev–Trinajstić information content (AvgIpc) is 3.11. The molecule has 0 spiro atoms. The van der Waals surface area contributed by atoms with Gasteiger partial charge in [0.2, 0.25) is 0 Å². The molecule has 5 heteroatoms. The molecule has 0 bridgehead atoms. The van der Waals surface area contributed by atoms with Crippen LogP contribution in [0.4, 0.5) is 0 Å².